The van der Waals surface area contributed by atoms with Gasteiger partial charge in [-0.25, -0.2) is 0 Å². The van der Waals surface area contributed by atoms with Crippen molar-refractivity contribution in [1.82, 2.24) is 5.32 Å². The van der Waals surface area contributed by atoms with E-state index < -0.39 is 0 Å². The van der Waals surface area contributed by atoms with Crippen LogP contribution in [0.5, 0.6) is 5.75 Å². The predicted molar refractivity (Wildman–Crippen MR) is 59.8 cm³/mol. The Labute approximate surface area is 90.4 Å². The third kappa shape index (κ3) is 4.02. The summed E-state index contributed by atoms with van der Waals surface area (Å²) in [4.78, 5) is 10.8. The topological polar surface area (TPSA) is 38.3 Å². The van der Waals surface area contributed by atoms with Gasteiger partial charge in [0, 0.05) is 6.92 Å². The molecule has 0 fully saturated rings. The second-order valence-corrected chi connectivity index (χ2v) is 3.63. The van der Waals surface area contributed by atoms with Gasteiger partial charge in [0.15, 0.2) is 0 Å². The minimum atomic E-state index is -0.0451. The fourth-order valence-corrected chi connectivity index (χ4v) is 1.25. The van der Waals surface area contributed by atoms with Crippen molar-refractivity contribution in [3.05, 3.63) is 30.3 Å². The van der Waals surface area contributed by atoms with Crippen molar-refractivity contribution in [3.63, 3.8) is 0 Å². The molecule has 15 heavy (non-hydrogen) atoms. The van der Waals surface area contributed by atoms with Crippen molar-refractivity contribution < 1.29 is 9.53 Å². The summed E-state index contributed by atoms with van der Waals surface area (Å²) in [5, 5.41) is 2.80. The molecule has 0 spiro atoms. The van der Waals surface area contributed by atoms with Crippen LogP contribution in [0, 0.1) is 0 Å². The van der Waals surface area contributed by atoms with Gasteiger partial charge < -0.3 is 10.1 Å². The Morgan fingerprint density at radius 2 is 1.87 bits per heavy atom. The summed E-state index contributed by atoms with van der Waals surface area (Å²) in [6, 6.07) is 9.58. The summed E-state index contributed by atoms with van der Waals surface area (Å²) in [7, 11) is 0. The minimum absolute atomic E-state index is 0.00251. The maximum absolute atomic E-state index is 10.8. The molecule has 0 saturated carbocycles. The van der Waals surface area contributed by atoms with Gasteiger partial charge in [-0.2, -0.15) is 0 Å². The van der Waals surface area contributed by atoms with E-state index in [0.29, 0.717) is 0 Å². The molecule has 1 rings (SSSR count). The molecule has 2 atom stereocenters. The molecule has 1 aromatic carbocycles. The maximum atomic E-state index is 10.8. The normalized spacial score (nSPS) is 14.1. The molecule has 0 bridgehead atoms. The van der Waals surface area contributed by atoms with Gasteiger partial charge in [0.1, 0.15) is 11.9 Å². The molecule has 0 aliphatic heterocycles. The molecule has 3 heteroatoms. The van der Waals surface area contributed by atoms with Gasteiger partial charge in [0.05, 0.1) is 6.04 Å². The summed E-state index contributed by atoms with van der Waals surface area (Å²) in [5.41, 5.74) is 0. The molecule has 0 unspecified atom stereocenters. The van der Waals surface area contributed by atoms with Crippen molar-refractivity contribution >= 4 is 5.91 Å². The average Bonchev–Trinajstić information content (AvgIpc) is 2.18. The standard InChI is InChI=1S/C12H17NO2/c1-9(13-11(3)14)10(2)15-12-7-5-4-6-8-12/h4-10H,1-3H3,(H,13,14)/t9-,10+/m0/s1. The van der Waals surface area contributed by atoms with Crippen molar-refractivity contribution in [2.75, 3.05) is 0 Å². The third-order valence-corrected chi connectivity index (χ3v) is 2.20. The van der Waals surface area contributed by atoms with Gasteiger partial charge in [-0.15, -0.1) is 0 Å². The number of carbonyl (C=O) groups is 1. The molecule has 0 radical (unpaired) electrons. The van der Waals surface area contributed by atoms with E-state index in [0.717, 1.165) is 5.75 Å². The maximum Gasteiger partial charge on any atom is 0.217 e. The second kappa shape index (κ2) is 5.39. The average molecular weight is 207 g/mol. The van der Waals surface area contributed by atoms with E-state index in [1.807, 2.05) is 44.2 Å². The first-order valence-corrected chi connectivity index (χ1v) is 5.08. The summed E-state index contributed by atoms with van der Waals surface area (Å²) >= 11 is 0. The number of benzene rings is 1. The van der Waals surface area contributed by atoms with Crippen LogP contribution in [0.3, 0.4) is 0 Å². The van der Waals surface area contributed by atoms with Crippen LogP contribution >= 0.6 is 0 Å². The van der Waals surface area contributed by atoms with Crippen LogP contribution in [-0.4, -0.2) is 18.1 Å². The molecule has 1 N–H and O–H groups in total. The van der Waals surface area contributed by atoms with Gasteiger partial charge >= 0.3 is 0 Å². The zero-order chi connectivity index (χ0) is 11.3. The van der Waals surface area contributed by atoms with Gasteiger partial charge in [-0.1, -0.05) is 18.2 Å². The Morgan fingerprint density at radius 3 is 2.40 bits per heavy atom. The van der Waals surface area contributed by atoms with E-state index in [1.165, 1.54) is 6.92 Å². The molecule has 3 nitrogen and oxygen atoms in total. The lowest BCUT2D eigenvalue weighted by Gasteiger charge is -2.21. The zero-order valence-electron chi connectivity index (χ0n) is 9.36. The summed E-state index contributed by atoms with van der Waals surface area (Å²) in [6.07, 6.45) is -0.0451. The highest BCUT2D eigenvalue weighted by atomic mass is 16.5. The van der Waals surface area contributed by atoms with Crippen molar-refractivity contribution in [2.45, 2.75) is 32.9 Å². The molecule has 0 aliphatic rings. The smallest absolute Gasteiger partial charge is 0.217 e. The van der Waals surface area contributed by atoms with Crippen LogP contribution in [0.4, 0.5) is 0 Å². The Balaban J connectivity index is 2.48. The molecule has 0 heterocycles. The van der Waals surface area contributed by atoms with Crippen LogP contribution in [0.15, 0.2) is 30.3 Å². The Hall–Kier alpha value is -1.51. The molecule has 0 aliphatic carbocycles. The first kappa shape index (κ1) is 11.6. The van der Waals surface area contributed by atoms with Crippen LogP contribution in [0.1, 0.15) is 20.8 Å². The number of rotatable bonds is 4. The third-order valence-electron chi connectivity index (χ3n) is 2.20. The summed E-state index contributed by atoms with van der Waals surface area (Å²) in [5.74, 6) is 0.785. The van der Waals surface area contributed by atoms with E-state index in [4.69, 9.17) is 4.74 Å². The second-order valence-electron chi connectivity index (χ2n) is 3.63. The first-order chi connectivity index (χ1) is 7.09. The fourth-order valence-electron chi connectivity index (χ4n) is 1.25. The molecular formula is C12H17NO2. The number of amides is 1. The largest absolute Gasteiger partial charge is 0.489 e. The number of nitrogens with one attached hydrogen (secondary N) is 1. The zero-order valence-corrected chi connectivity index (χ0v) is 9.36. The minimum Gasteiger partial charge on any atom is -0.489 e. The molecule has 0 saturated heterocycles. The molecule has 1 aromatic rings. The quantitative estimate of drug-likeness (QED) is 0.819. The van der Waals surface area contributed by atoms with Gasteiger partial charge in [-0.3, -0.25) is 4.79 Å². The summed E-state index contributed by atoms with van der Waals surface area (Å²) in [6.45, 7) is 5.37. The summed E-state index contributed by atoms with van der Waals surface area (Å²) < 4.78 is 5.66. The Bertz CT molecular complexity index is 311. The van der Waals surface area contributed by atoms with E-state index in [-0.39, 0.29) is 18.1 Å². The van der Waals surface area contributed by atoms with E-state index in [1.54, 1.807) is 0 Å². The van der Waals surface area contributed by atoms with Gasteiger partial charge in [0.2, 0.25) is 5.91 Å². The molecule has 82 valence electrons. The fraction of sp³-hybridized carbons (Fsp3) is 0.417. The Morgan fingerprint density at radius 1 is 1.27 bits per heavy atom. The number of ether oxygens (including phenoxy) is 1. The highest BCUT2D eigenvalue weighted by molar-refractivity contribution is 5.73. The lowest BCUT2D eigenvalue weighted by Crippen LogP contribution is -2.41. The number of hydrogen-bond donors (Lipinski definition) is 1. The highest BCUT2D eigenvalue weighted by Crippen LogP contribution is 2.12. The highest BCUT2D eigenvalue weighted by Gasteiger charge is 2.14. The van der Waals surface area contributed by atoms with Crippen LogP contribution in [-0.2, 0) is 4.79 Å². The number of carbonyl (C=O) groups excluding carboxylic acids is 1. The lowest BCUT2D eigenvalue weighted by atomic mass is 10.2. The van der Waals surface area contributed by atoms with Crippen molar-refractivity contribution in [1.29, 1.82) is 0 Å². The monoisotopic (exact) mass is 207 g/mol. The van der Waals surface area contributed by atoms with Crippen LogP contribution in [0.2, 0.25) is 0 Å². The predicted octanol–water partition coefficient (Wildman–Crippen LogP) is 1.98. The van der Waals surface area contributed by atoms with E-state index in [9.17, 15) is 4.79 Å². The van der Waals surface area contributed by atoms with Crippen molar-refractivity contribution in [3.8, 4) is 5.75 Å². The lowest BCUT2D eigenvalue weighted by molar-refractivity contribution is -0.120. The Kier molecular flexibility index (Phi) is 4.16. The van der Waals surface area contributed by atoms with Gasteiger partial charge in [-0.05, 0) is 26.0 Å². The van der Waals surface area contributed by atoms with Gasteiger partial charge in [0.25, 0.3) is 0 Å². The number of para-hydroxylation sites is 1. The van der Waals surface area contributed by atoms with Crippen LogP contribution < -0.4 is 10.1 Å². The molecular weight excluding hydrogens is 190 g/mol. The first-order valence-electron chi connectivity index (χ1n) is 5.08. The molecule has 0 aromatic heterocycles. The van der Waals surface area contributed by atoms with Crippen molar-refractivity contribution in [2.24, 2.45) is 0 Å². The van der Waals surface area contributed by atoms with Crippen LogP contribution in [0.25, 0.3) is 0 Å². The number of hydrogen-bond acceptors (Lipinski definition) is 2. The van der Waals surface area contributed by atoms with E-state index in [2.05, 4.69) is 5.32 Å². The SMILES string of the molecule is CC(=O)N[C@@H](C)[C@@H](C)Oc1ccccc1. The molecule has 1 amide bonds. The van der Waals surface area contributed by atoms with E-state index >= 15 is 0 Å².